The predicted molar refractivity (Wildman–Crippen MR) is 86.6 cm³/mol. The monoisotopic (exact) mass is 358 g/mol. The van der Waals surface area contributed by atoms with Gasteiger partial charge in [0, 0.05) is 35.2 Å². The van der Waals surface area contributed by atoms with Gasteiger partial charge in [-0.15, -0.1) is 12.4 Å². The van der Waals surface area contributed by atoms with Crippen LogP contribution < -0.4 is 5.32 Å². The average Bonchev–Trinajstić information content (AvgIpc) is 2.72. The number of hydrogen-bond donors (Lipinski definition) is 1. The van der Waals surface area contributed by atoms with Gasteiger partial charge in [0.05, 0.1) is 0 Å². The number of halogens is 2. The van der Waals surface area contributed by atoms with Crippen LogP contribution in [0.5, 0.6) is 0 Å². The van der Waals surface area contributed by atoms with Crippen molar-refractivity contribution >= 4 is 34.2 Å². The van der Waals surface area contributed by atoms with E-state index >= 15 is 0 Å². The van der Waals surface area contributed by atoms with E-state index in [9.17, 15) is 4.79 Å². The zero-order chi connectivity index (χ0) is 13.4. The topological polar surface area (TPSA) is 32.3 Å². The van der Waals surface area contributed by atoms with Crippen LogP contribution in [0.15, 0.2) is 22.7 Å². The van der Waals surface area contributed by atoms with Gasteiger partial charge in [0.1, 0.15) is 0 Å². The van der Waals surface area contributed by atoms with Crippen molar-refractivity contribution in [1.82, 2.24) is 10.2 Å². The first-order valence-corrected chi connectivity index (χ1v) is 7.74. The summed E-state index contributed by atoms with van der Waals surface area (Å²) in [7, 11) is 0. The molecule has 0 aromatic heterocycles. The van der Waals surface area contributed by atoms with Crippen LogP contribution in [0.4, 0.5) is 0 Å². The standard InChI is InChI=1S/C15H19BrN2O.ClH/c1-10-8-11(2-5-14(10)16)15(19)18-7-6-12-3-4-13(9-18)17-12;/h2,5,8,12-13,17H,3-4,6-7,9H2,1H3;1H. The molecule has 2 bridgehead atoms. The number of rotatable bonds is 1. The molecule has 2 aliphatic heterocycles. The lowest BCUT2D eigenvalue weighted by Crippen LogP contribution is -2.39. The molecule has 2 heterocycles. The molecule has 2 saturated heterocycles. The molecule has 5 heteroatoms. The van der Waals surface area contributed by atoms with Gasteiger partial charge in [-0.05, 0) is 49.9 Å². The number of hydrogen-bond acceptors (Lipinski definition) is 2. The Morgan fingerprint density at radius 2 is 2.05 bits per heavy atom. The molecule has 3 rings (SSSR count). The van der Waals surface area contributed by atoms with Crippen molar-refractivity contribution in [2.24, 2.45) is 0 Å². The number of nitrogens with zero attached hydrogens (tertiary/aromatic N) is 1. The van der Waals surface area contributed by atoms with Crippen molar-refractivity contribution < 1.29 is 4.79 Å². The van der Waals surface area contributed by atoms with Gasteiger partial charge < -0.3 is 10.2 Å². The van der Waals surface area contributed by atoms with Crippen LogP contribution in [-0.2, 0) is 0 Å². The molecule has 0 aliphatic carbocycles. The molecule has 3 nitrogen and oxygen atoms in total. The lowest BCUT2D eigenvalue weighted by Gasteiger charge is -2.24. The van der Waals surface area contributed by atoms with Crippen molar-refractivity contribution in [2.45, 2.75) is 38.3 Å². The molecule has 2 fully saturated rings. The Morgan fingerprint density at radius 3 is 2.80 bits per heavy atom. The van der Waals surface area contributed by atoms with E-state index in [1.165, 1.54) is 12.8 Å². The van der Waals surface area contributed by atoms with E-state index in [0.29, 0.717) is 12.1 Å². The summed E-state index contributed by atoms with van der Waals surface area (Å²) < 4.78 is 1.06. The quantitative estimate of drug-likeness (QED) is 0.835. The number of amides is 1. The summed E-state index contributed by atoms with van der Waals surface area (Å²) in [4.78, 5) is 14.6. The summed E-state index contributed by atoms with van der Waals surface area (Å²) in [6, 6.07) is 6.96. The minimum absolute atomic E-state index is 0. The zero-order valence-corrected chi connectivity index (χ0v) is 14.0. The maximum atomic E-state index is 12.6. The Hall–Kier alpha value is -0.580. The fourth-order valence-electron chi connectivity index (χ4n) is 3.09. The van der Waals surface area contributed by atoms with Crippen molar-refractivity contribution in [3.05, 3.63) is 33.8 Å². The fourth-order valence-corrected chi connectivity index (χ4v) is 3.33. The van der Waals surface area contributed by atoms with Crippen LogP contribution in [0.25, 0.3) is 0 Å². The Bertz CT molecular complexity index is 509. The third-order valence-corrected chi connectivity index (χ3v) is 5.11. The van der Waals surface area contributed by atoms with Gasteiger partial charge in [-0.2, -0.15) is 0 Å². The summed E-state index contributed by atoms with van der Waals surface area (Å²) in [5, 5.41) is 3.61. The Balaban J connectivity index is 0.00000147. The lowest BCUT2D eigenvalue weighted by atomic mass is 10.1. The van der Waals surface area contributed by atoms with Crippen molar-refractivity contribution in [3.8, 4) is 0 Å². The zero-order valence-electron chi connectivity index (χ0n) is 11.6. The van der Waals surface area contributed by atoms with E-state index in [-0.39, 0.29) is 18.3 Å². The first kappa shape index (κ1) is 15.8. The van der Waals surface area contributed by atoms with Crippen LogP contribution >= 0.6 is 28.3 Å². The molecule has 0 saturated carbocycles. The van der Waals surface area contributed by atoms with Crippen molar-refractivity contribution in [2.75, 3.05) is 13.1 Å². The normalized spacial score (nSPS) is 25.0. The molecule has 20 heavy (non-hydrogen) atoms. The van der Waals surface area contributed by atoms with Gasteiger partial charge >= 0.3 is 0 Å². The van der Waals surface area contributed by atoms with E-state index < -0.39 is 0 Å². The number of carbonyl (C=O) groups excluding carboxylic acids is 1. The number of carbonyl (C=O) groups is 1. The van der Waals surface area contributed by atoms with Crippen LogP contribution in [0.2, 0.25) is 0 Å². The molecule has 2 aliphatic rings. The summed E-state index contributed by atoms with van der Waals surface area (Å²) in [6.07, 6.45) is 3.55. The van der Waals surface area contributed by atoms with Gasteiger partial charge in [-0.3, -0.25) is 4.79 Å². The molecular formula is C15H20BrClN2O. The fraction of sp³-hybridized carbons (Fsp3) is 0.533. The molecular weight excluding hydrogens is 340 g/mol. The highest BCUT2D eigenvalue weighted by atomic mass is 79.9. The van der Waals surface area contributed by atoms with E-state index in [1.54, 1.807) is 0 Å². The van der Waals surface area contributed by atoms with E-state index in [0.717, 1.165) is 35.1 Å². The molecule has 0 spiro atoms. The third kappa shape index (κ3) is 3.18. The summed E-state index contributed by atoms with van der Waals surface area (Å²) in [6.45, 7) is 3.75. The lowest BCUT2D eigenvalue weighted by molar-refractivity contribution is 0.0748. The largest absolute Gasteiger partial charge is 0.337 e. The van der Waals surface area contributed by atoms with Gasteiger partial charge in [-0.1, -0.05) is 15.9 Å². The van der Waals surface area contributed by atoms with E-state index in [4.69, 9.17) is 0 Å². The number of aryl methyl sites for hydroxylation is 1. The van der Waals surface area contributed by atoms with E-state index in [2.05, 4.69) is 21.2 Å². The second-order valence-electron chi connectivity index (χ2n) is 5.64. The van der Waals surface area contributed by atoms with Crippen molar-refractivity contribution in [1.29, 1.82) is 0 Å². The minimum atomic E-state index is 0. The predicted octanol–water partition coefficient (Wildman–Crippen LogP) is 3.15. The number of likely N-dealkylation sites (tertiary alicyclic amines) is 1. The molecule has 1 aromatic rings. The second kappa shape index (κ2) is 6.46. The molecule has 2 atom stereocenters. The number of benzene rings is 1. The van der Waals surface area contributed by atoms with Gasteiger partial charge in [-0.25, -0.2) is 0 Å². The Labute approximate surface area is 134 Å². The summed E-state index contributed by atoms with van der Waals surface area (Å²) in [5.41, 5.74) is 1.92. The van der Waals surface area contributed by atoms with Crippen LogP contribution in [-0.4, -0.2) is 36.0 Å². The maximum absolute atomic E-state index is 12.6. The summed E-state index contributed by atoms with van der Waals surface area (Å²) in [5.74, 6) is 0.171. The smallest absolute Gasteiger partial charge is 0.253 e. The SMILES string of the molecule is Cc1cc(C(=O)N2CCC3CCC(C2)N3)ccc1Br.Cl. The molecule has 1 N–H and O–H groups in total. The van der Waals surface area contributed by atoms with Crippen molar-refractivity contribution in [3.63, 3.8) is 0 Å². The molecule has 1 aromatic carbocycles. The average molecular weight is 360 g/mol. The number of fused-ring (bicyclic) bond motifs is 2. The molecule has 110 valence electrons. The molecule has 2 unspecified atom stereocenters. The van der Waals surface area contributed by atoms with Crippen LogP contribution in [0.1, 0.15) is 35.2 Å². The van der Waals surface area contributed by atoms with Crippen LogP contribution in [0.3, 0.4) is 0 Å². The second-order valence-corrected chi connectivity index (χ2v) is 6.50. The van der Waals surface area contributed by atoms with Gasteiger partial charge in [0.2, 0.25) is 0 Å². The van der Waals surface area contributed by atoms with Gasteiger partial charge in [0.15, 0.2) is 0 Å². The maximum Gasteiger partial charge on any atom is 0.253 e. The van der Waals surface area contributed by atoms with Crippen LogP contribution in [0, 0.1) is 6.92 Å². The Kier molecular flexibility index (Phi) is 5.10. The minimum Gasteiger partial charge on any atom is -0.337 e. The first-order valence-electron chi connectivity index (χ1n) is 6.95. The van der Waals surface area contributed by atoms with E-state index in [1.807, 2.05) is 30.0 Å². The third-order valence-electron chi connectivity index (χ3n) is 4.22. The highest BCUT2D eigenvalue weighted by molar-refractivity contribution is 9.10. The highest BCUT2D eigenvalue weighted by Crippen LogP contribution is 2.23. The Morgan fingerprint density at radius 1 is 1.30 bits per heavy atom. The van der Waals surface area contributed by atoms with Gasteiger partial charge in [0.25, 0.3) is 5.91 Å². The molecule has 1 amide bonds. The highest BCUT2D eigenvalue weighted by Gasteiger charge is 2.31. The number of nitrogens with one attached hydrogen (secondary N) is 1. The molecule has 0 radical (unpaired) electrons. The first-order chi connectivity index (χ1) is 9.13. The summed E-state index contributed by atoms with van der Waals surface area (Å²) >= 11 is 3.48.